The number of aromatic nitrogens is 1. The van der Waals surface area contributed by atoms with Crippen LogP contribution in [-0.2, 0) is 11.4 Å². The Labute approximate surface area is 227 Å². The van der Waals surface area contributed by atoms with Crippen molar-refractivity contribution in [1.29, 1.82) is 0 Å². The smallest absolute Gasteiger partial charge is 0.250 e. The second-order valence-electron chi connectivity index (χ2n) is 7.99. The van der Waals surface area contributed by atoms with Crippen LogP contribution in [0.15, 0.2) is 88.3 Å². The molecule has 0 fully saturated rings. The van der Waals surface area contributed by atoms with E-state index in [9.17, 15) is 4.79 Å². The maximum Gasteiger partial charge on any atom is 0.250 e. The average molecular weight is 548 g/mol. The van der Waals surface area contributed by atoms with Gasteiger partial charge in [0.05, 0.1) is 34.3 Å². The fourth-order valence-corrected chi connectivity index (χ4v) is 5.91. The quantitative estimate of drug-likeness (QED) is 0.123. The summed E-state index contributed by atoms with van der Waals surface area (Å²) < 4.78 is 13.5. The number of thiazole rings is 1. The van der Waals surface area contributed by atoms with E-state index in [1.807, 2.05) is 48.5 Å². The highest BCUT2D eigenvalue weighted by Crippen LogP contribution is 2.37. The number of nitrogens with one attached hydrogen (secondary N) is 1. The van der Waals surface area contributed by atoms with Gasteiger partial charge in [-0.1, -0.05) is 78.0 Å². The van der Waals surface area contributed by atoms with E-state index >= 15 is 0 Å². The molecule has 0 unspecified atom stereocenters. The van der Waals surface area contributed by atoms with Crippen LogP contribution in [0, 0.1) is 0 Å². The standard InChI is InChI=1S/C28H22ClN3O3S2/c1-34-24-14-18(15-30-32-26(33)17-36-28-31-23-11-4-5-12-25(23)37-28)13-22(29)27(24)35-16-20-9-6-8-19-7-2-3-10-21(19)20/h2-15H,16-17H2,1H3,(H,32,33)/b30-15+. The maximum atomic E-state index is 12.2. The Balaban J connectivity index is 1.20. The number of amides is 1. The molecule has 37 heavy (non-hydrogen) atoms. The average Bonchev–Trinajstić information content (AvgIpc) is 3.34. The third kappa shape index (κ3) is 6.05. The van der Waals surface area contributed by atoms with Crippen LogP contribution >= 0.6 is 34.7 Å². The molecule has 5 rings (SSSR count). The lowest BCUT2D eigenvalue weighted by molar-refractivity contribution is -0.118. The van der Waals surface area contributed by atoms with Crippen LogP contribution in [0.3, 0.4) is 0 Å². The first-order valence-corrected chi connectivity index (χ1v) is 13.6. The molecule has 0 saturated carbocycles. The zero-order chi connectivity index (χ0) is 25.6. The molecule has 1 heterocycles. The van der Waals surface area contributed by atoms with E-state index in [0.29, 0.717) is 28.7 Å². The van der Waals surface area contributed by atoms with Crippen LogP contribution in [0.2, 0.25) is 5.02 Å². The number of halogens is 1. The minimum Gasteiger partial charge on any atom is -0.493 e. The first-order valence-electron chi connectivity index (χ1n) is 11.4. The summed E-state index contributed by atoms with van der Waals surface area (Å²) in [4.78, 5) is 16.8. The lowest BCUT2D eigenvalue weighted by Gasteiger charge is -2.14. The number of rotatable bonds is 9. The molecule has 1 aromatic heterocycles. The number of nitrogens with zero attached hydrogens (tertiary/aromatic N) is 2. The second kappa shape index (κ2) is 11.6. The number of carbonyl (C=O) groups is 1. The van der Waals surface area contributed by atoms with Crippen LogP contribution in [0.5, 0.6) is 11.5 Å². The molecule has 0 aliphatic rings. The molecular formula is C28H22ClN3O3S2. The number of hydrazone groups is 1. The SMILES string of the molecule is COc1cc(/C=N/NC(=O)CSc2nc3ccccc3s2)cc(Cl)c1OCc1cccc2ccccc12. The van der Waals surface area contributed by atoms with Crippen molar-refractivity contribution >= 4 is 67.8 Å². The number of ether oxygens (including phenoxy) is 2. The van der Waals surface area contributed by atoms with Gasteiger partial charge in [-0.05, 0) is 46.2 Å². The van der Waals surface area contributed by atoms with Crippen LogP contribution in [0.4, 0.5) is 0 Å². The van der Waals surface area contributed by atoms with Gasteiger partial charge in [-0.2, -0.15) is 5.10 Å². The van der Waals surface area contributed by atoms with Crippen molar-refractivity contribution in [3.63, 3.8) is 0 Å². The van der Waals surface area contributed by atoms with Crippen molar-refractivity contribution in [1.82, 2.24) is 10.4 Å². The van der Waals surface area contributed by atoms with E-state index in [1.54, 1.807) is 30.6 Å². The van der Waals surface area contributed by atoms with Gasteiger partial charge in [0.2, 0.25) is 0 Å². The number of hydrogen-bond acceptors (Lipinski definition) is 7. The van der Waals surface area contributed by atoms with Crippen molar-refractivity contribution in [2.45, 2.75) is 10.9 Å². The number of benzene rings is 4. The number of fused-ring (bicyclic) bond motifs is 2. The maximum absolute atomic E-state index is 12.2. The Morgan fingerprint density at radius 2 is 1.92 bits per heavy atom. The van der Waals surface area contributed by atoms with Crippen molar-refractivity contribution < 1.29 is 14.3 Å². The van der Waals surface area contributed by atoms with Gasteiger partial charge >= 0.3 is 0 Å². The summed E-state index contributed by atoms with van der Waals surface area (Å²) in [6.07, 6.45) is 1.52. The van der Waals surface area contributed by atoms with Gasteiger partial charge in [-0.15, -0.1) is 11.3 Å². The molecule has 0 radical (unpaired) electrons. The molecule has 5 aromatic rings. The van der Waals surface area contributed by atoms with Crippen molar-refractivity contribution in [2.24, 2.45) is 5.10 Å². The predicted molar refractivity (Wildman–Crippen MR) is 152 cm³/mol. The van der Waals surface area contributed by atoms with Gasteiger partial charge in [-0.3, -0.25) is 4.79 Å². The summed E-state index contributed by atoms with van der Waals surface area (Å²) in [6.45, 7) is 0.341. The molecule has 0 aliphatic carbocycles. The van der Waals surface area contributed by atoms with Crippen LogP contribution in [-0.4, -0.2) is 30.0 Å². The molecule has 0 saturated heterocycles. The summed E-state index contributed by atoms with van der Waals surface area (Å²) in [6, 6.07) is 25.6. The monoisotopic (exact) mass is 547 g/mol. The zero-order valence-electron chi connectivity index (χ0n) is 19.8. The molecule has 0 atom stereocenters. The van der Waals surface area contributed by atoms with Gasteiger partial charge in [0, 0.05) is 0 Å². The van der Waals surface area contributed by atoms with Crippen molar-refractivity contribution in [3.8, 4) is 11.5 Å². The topological polar surface area (TPSA) is 72.8 Å². The van der Waals surface area contributed by atoms with Crippen molar-refractivity contribution in [3.05, 3.63) is 95.0 Å². The van der Waals surface area contributed by atoms with Crippen LogP contribution < -0.4 is 14.9 Å². The molecule has 186 valence electrons. The Morgan fingerprint density at radius 1 is 1.11 bits per heavy atom. The van der Waals surface area contributed by atoms with Gasteiger partial charge in [0.1, 0.15) is 6.61 Å². The summed E-state index contributed by atoms with van der Waals surface area (Å²) >= 11 is 9.47. The highest BCUT2D eigenvalue weighted by atomic mass is 35.5. The van der Waals surface area contributed by atoms with E-state index in [4.69, 9.17) is 21.1 Å². The highest BCUT2D eigenvalue weighted by molar-refractivity contribution is 8.01. The largest absolute Gasteiger partial charge is 0.493 e. The Kier molecular flexibility index (Phi) is 7.89. The van der Waals surface area contributed by atoms with Gasteiger partial charge < -0.3 is 9.47 Å². The highest BCUT2D eigenvalue weighted by Gasteiger charge is 2.13. The van der Waals surface area contributed by atoms with E-state index < -0.39 is 0 Å². The molecule has 9 heteroatoms. The van der Waals surface area contributed by atoms with Gasteiger partial charge in [0.25, 0.3) is 5.91 Å². The van der Waals surface area contributed by atoms with Crippen LogP contribution in [0.25, 0.3) is 21.0 Å². The number of methoxy groups -OCH3 is 1. The van der Waals surface area contributed by atoms with E-state index in [1.165, 1.54) is 18.0 Å². The molecule has 4 aromatic carbocycles. The molecule has 0 bridgehead atoms. The Bertz CT molecular complexity index is 1560. The van der Waals surface area contributed by atoms with Gasteiger partial charge in [-0.25, -0.2) is 10.4 Å². The second-order valence-corrected chi connectivity index (χ2v) is 10.7. The predicted octanol–water partition coefficient (Wildman–Crippen LogP) is 6.93. The third-order valence-electron chi connectivity index (χ3n) is 5.51. The van der Waals surface area contributed by atoms with Gasteiger partial charge in [0.15, 0.2) is 15.8 Å². The minimum atomic E-state index is -0.228. The number of carbonyl (C=O) groups excluding carboxylic acids is 1. The van der Waals surface area contributed by atoms with Crippen molar-refractivity contribution in [2.75, 3.05) is 12.9 Å². The lowest BCUT2D eigenvalue weighted by atomic mass is 10.1. The number of para-hydroxylation sites is 1. The summed E-state index contributed by atoms with van der Waals surface area (Å²) in [5.74, 6) is 0.911. The fourth-order valence-electron chi connectivity index (χ4n) is 3.77. The summed E-state index contributed by atoms with van der Waals surface area (Å²) in [7, 11) is 1.55. The first-order chi connectivity index (χ1) is 18.1. The van der Waals surface area contributed by atoms with Crippen LogP contribution in [0.1, 0.15) is 11.1 Å². The molecule has 0 aliphatic heterocycles. The zero-order valence-corrected chi connectivity index (χ0v) is 22.2. The van der Waals surface area contributed by atoms with E-state index in [0.717, 1.165) is 30.9 Å². The summed E-state index contributed by atoms with van der Waals surface area (Å²) in [5.41, 5.74) is 5.19. The first kappa shape index (κ1) is 25.1. The molecule has 0 spiro atoms. The molecule has 6 nitrogen and oxygen atoms in total. The fraction of sp³-hybridized carbons (Fsp3) is 0.107. The molecule has 1 N–H and O–H groups in total. The number of thioether (sulfide) groups is 1. The van der Waals surface area contributed by atoms with E-state index in [-0.39, 0.29) is 11.7 Å². The Morgan fingerprint density at radius 3 is 2.78 bits per heavy atom. The minimum absolute atomic E-state index is 0.211. The number of hydrogen-bond donors (Lipinski definition) is 1. The molecular weight excluding hydrogens is 526 g/mol. The molecule has 1 amide bonds. The normalized spacial score (nSPS) is 11.3. The third-order valence-corrected chi connectivity index (χ3v) is 7.97. The van der Waals surface area contributed by atoms with E-state index in [2.05, 4.69) is 33.7 Å². The summed E-state index contributed by atoms with van der Waals surface area (Å²) in [5, 5.41) is 6.72. The lowest BCUT2D eigenvalue weighted by Crippen LogP contribution is -2.19. The Hall–Kier alpha value is -3.59.